The molecule has 2 heteroatoms. The Morgan fingerprint density at radius 1 is 1.27 bits per heavy atom. The van der Waals surface area contributed by atoms with Crippen LogP contribution < -0.4 is 0 Å². The molecule has 2 saturated carbocycles. The molecule has 2 nitrogen and oxygen atoms in total. The standard InChI is InChI=1S/C13H23NO/c1-9-6-7-10-12(2,3)13(10,8-9)11(15)14(4)5/h9-10H,6-8H2,1-5H3. The van der Waals surface area contributed by atoms with Crippen molar-refractivity contribution in [2.24, 2.45) is 22.7 Å². The van der Waals surface area contributed by atoms with Crippen LogP contribution in [0.4, 0.5) is 0 Å². The van der Waals surface area contributed by atoms with Crippen molar-refractivity contribution in [3.63, 3.8) is 0 Å². The van der Waals surface area contributed by atoms with Crippen molar-refractivity contribution < 1.29 is 4.79 Å². The van der Waals surface area contributed by atoms with Crippen LogP contribution >= 0.6 is 0 Å². The molecule has 0 spiro atoms. The van der Waals surface area contributed by atoms with Gasteiger partial charge in [0.15, 0.2) is 0 Å². The SMILES string of the molecule is CC1CCC2C(C)(C)C2(C(=O)N(C)C)C1. The average Bonchev–Trinajstić information content (AvgIpc) is 2.62. The summed E-state index contributed by atoms with van der Waals surface area (Å²) in [7, 11) is 3.78. The van der Waals surface area contributed by atoms with Crippen molar-refractivity contribution in [2.45, 2.75) is 40.0 Å². The van der Waals surface area contributed by atoms with Crippen LogP contribution in [-0.4, -0.2) is 24.9 Å². The number of amides is 1. The predicted octanol–water partition coefficient (Wildman–Crippen LogP) is 2.54. The number of hydrogen-bond donors (Lipinski definition) is 0. The Morgan fingerprint density at radius 3 is 2.40 bits per heavy atom. The van der Waals surface area contributed by atoms with Gasteiger partial charge in [-0.25, -0.2) is 0 Å². The summed E-state index contributed by atoms with van der Waals surface area (Å²) in [5.74, 6) is 1.71. The fraction of sp³-hybridized carbons (Fsp3) is 0.923. The summed E-state index contributed by atoms with van der Waals surface area (Å²) in [5.41, 5.74) is 0.216. The first kappa shape index (κ1) is 11.0. The molecule has 3 atom stereocenters. The first-order chi connectivity index (χ1) is 6.84. The fourth-order valence-electron chi connectivity index (χ4n) is 3.99. The van der Waals surface area contributed by atoms with Crippen molar-refractivity contribution in [2.75, 3.05) is 14.1 Å². The molecule has 0 radical (unpaired) electrons. The minimum atomic E-state index is -0.0197. The summed E-state index contributed by atoms with van der Waals surface area (Å²) >= 11 is 0. The number of hydrogen-bond acceptors (Lipinski definition) is 1. The van der Waals surface area contributed by atoms with E-state index in [2.05, 4.69) is 20.8 Å². The lowest BCUT2D eigenvalue weighted by molar-refractivity contribution is -0.137. The molecular weight excluding hydrogens is 186 g/mol. The van der Waals surface area contributed by atoms with Crippen molar-refractivity contribution in [1.82, 2.24) is 4.90 Å². The van der Waals surface area contributed by atoms with Crippen LogP contribution in [0.2, 0.25) is 0 Å². The number of fused-ring (bicyclic) bond motifs is 1. The normalized spacial score (nSPS) is 41.9. The van der Waals surface area contributed by atoms with Crippen LogP contribution in [0.3, 0.4) is 0 Å². The molecule has 1 amide bonds. The van der Waals surface area contributed by atoms with Crippen LogP contribution in [0.25, 0.3) is 0 Å². The molecule has 2 aliphatic carbocycles. The zero-order valence-corrected chi connectivity index (χ0v) is 10.6. The van der Waals surface area contributed by atoms with Gasteiger partial charge in [0.2, 0.25) is 5.91 Å². The molecule has 0 bridgehead atoms. The second-order valence-electron chi connectivity index (χ2n) is 6.33. The fourth-order valence-corrected chi connectivity index (χ4v) is 3.99. The van der Waals surface area contributed by atoms with Gasteiger partial charge in [-0.3, -0.25) is 4.79 Å². The Hall–Kier alpha value is -0.530. The third kappa shape index (κ3) is 1.20. The average molecular weight is 209 g/mol. The molecule has 0 heterocycles. The molecule has 0 saturated heterocycles. The van der Waals surface area contributed by atoms with Gasteiger partial charge in [0.1, 0.15) is 0 Å². The monoisotopic (exact) mass is 209 g/mol. The van der Waals surface area contributed by atoms with Crippen molar-refractivity contribution >= 4 is 5.91 Å². The van der Waals surface area contributed by atoms with Gasteiger partial charge in [0.25, 0.3) is 0 Å². The van der Waals surface area contributed by atoms with E-state index in [1.54, 1.807) is 4.90 Å². The Labute approximate surface area is 93.0 Å². The Balaban J connectivity index is 2.29. The molecule has 86 valence electrons. The van der Waals surface area contributed by atoms with Gasteiger partial charge >= 0.3 is 0 Å². The van der Waals surface area contributed by atoms with E-state index in [0.29, 0.717) is 17.7 Å². The molecule has 2 fully saturated rings. The molecule has 2 rings (SSSR count). The van der Waals surface area contributed by atoms with Gasteiger partial charge < -0.3 is 4.90 Å². The summed E-state index contributed by atoms with van der Waals surface area (Å²) in [6.45, 7) is 6.84. The van der Waals surface area contributed by atoms with Crippen LogP contribution in [0.5, 0.6) is 0 Å². The number of carbonyl (C=O) groups is 1. The molecule has 3 unspecified atom stereocenters. The van der Waals surface area contributed by atoms with Crippen molar-refractivity contribution in [3.05, 3.63) is 0 Å². The van der Waals surface area contributed by atoms with Gasteiger partial charge in [0.05, 0.1) is 5.41 Å². The summed E-state index contributed by atoms with van der Waals surface area (Å²) < 4.78 is 0. The lowest BCUT2D eigenvalue weighted by Crippen LogP contribution is -2.36. The van der Waals surface area contributed by atoms with E-state index in [9.17, 15) is 4.79 Å². The molecule has 0 aromatic carbocycles. The highest BCUT2D eigenvalue weighted by atomic mass is 16.2. The largest absolute Gasteiger partial charge is 0.348 e. The first-order valence-corrected chi connectivity index (χ1v) is 6.06. The summed E-state index contributed by atoms with van der Waals surface area (Å²) in [5, 5.41) is 0. The van der Waals surface area contributed by atoms with E-state index in [1.807, 2.05) is 14.1 Å². The van der Waals surface area contributed by atoms with E-state index in [4.69, 9.17) is 0 Å². The van der Waals surface area contributed by atoms with Gasteiger partial charge in [-0.1, -0.05) is 27.2 Å². The zero-order chi connectivity index (χ0) is 11.4. The van der Waals surface area contributed by atoms with Gasteiger partial charge in [-0.15, -0.1) is 0 Å². The van der Waals surface area contributed by atoms with Gasteiger partial charge in [0, 0.05) is 14.1 Å². The number of carbonyl (C=O) groups excluding carboxylic acids is 1. The van der Waals surface area contributed by atoms with Crippen LogP contribution in [0.1, 0.15) is 40.0 Å². The number of rotatable bonds is 1. The lowest BCUT2D eigenvalue weighted by atomic mass is 9.79. The maximum Gasteiger partial charge on any atom is 0.229 e. The lowest BCUT2D eigenvalue weighted by Gasteiger charge is -2.29. The quantitative estimate of drug-likeness (QED) is 0.650. The first-order valence-electron chi connectivity index (χ1n) is 6.06. The van der Waals surface area contributed by atoms with E-state index < -0.39 is 0 Å². The summed E-state index contributed by atoms with van der Waals surface area (Å²) in [4.78, 5) is 14.1. The van der Waals surface area contributed by atoms with Crippen LogP contribution in [0, 0.1) is 22.7 Å². The molecule has 15 heavy (non-hydrogen) atoms. The smallest absolute Gasteiger partial charge is 0.229 e. The van der Waals surface area contributed by atoms with Gasteiger partial charge in [-0.05, 0) is 30.1 Å². The van der Waals surface area contributed by atoms with E-state index in [1.165, 1.54) is 12.8 Å². The van der Waals surface area contributed by atoms with E-state index >= 15 is 0 Å². The van der Waals surface area contributed by atoms with Crippen LogP contribution in [0.15, 0.2) is 0 Å². The third-order valence-electron chi connectivity index (χ3n) is 4.94. The van der Waals surface area contributed by atoms with Crippen molar-refractivity contribution in [3.8, 4) is 0 Å². The second-order valence-corrected chi connectivity index (χ2v) is 6.33. The molecular formula is C13H23NO. The summed E-state index contributed by atoms with van der Waals surface area (Å²) in [6, 6.07) is 0. The highest BCUT2D eigenvalue weighted by Crippen LogP contribution is 2.75. The minimum Gasteiger partial charge on any atom is -0.348 e. The molecule has 0 aromatic rings. The number of nitrogens with zero attached hydrogens (tertiary/aromatic N) is 1. The molecule has 0 aliphatic heterocycles. The highest BCUT2D eigenvalue weighted by molar-refractivity contribution is 5.87. The minimum absolute atomic E-state index is 0.0197. The Bertz CT molecular complexity index is 295. The second kappa shape index (κ2) is 2.99. The molecule has 0 N–H and O–H groups in total. The van der Waals surface area contributed by atoms with Crippen LogP contribution in [-0.2, 0) is 4.79 Å². The molecule has 2 aliphatic rings. The maximum absolute atomic E-state index is 12.3. The van der Waals surface area contributed by atoms with E-state index in [-0.39, 0.29) is 10.8 Å². The van der Waals surface area contributed by atoms with Gasteiger partial charge in [-0.2, -0.15) is 0 Å². The summed E-state index contributed by atoms with van der Waals surface area (Å²) in [6.07, 6.45) is 3.64. The zero-order valence-electron chi connectivity index (χ0n) is 10.6. The predicted molar refractivity (Wildman–Crippen MR) is 61.4 cm³/mol. The van der Waals surface area contributed by atoms with Crippen molar-refractivity contribution in [1.29, 1.82) is 0 Å². The highest BCUT2D eigenvalue weighted by Gasteiger charge is 2.75. The van der Waals surface area contributed by atoms with E-state index in [0.717, 1.165) is 6.42 Å². The third-order valence-corrected chi connectivity index (χ3v) is 4.94. The maximum atomic E-state index is 12.3. The topological polar surface area (TPSA) is 20.3 Å². The Kier molecular flexibility index (Phi) is 2.19. The Morgan fingerprint density at radius 2 is 1.87 bits per heavy atom. The molecule has 0 aromatic heterocycles.